The van der Waals surface area contributed by atoms with Crippen LogP contribution in [-0.2, 0) is 4.79 Å². The van der Waals surface area contributed by atoms with Crippen LogP contribution in [0.5, 0.6) is 0 Å². The van der Waals surface area contributed by atoms with Crippen molar-refractivity contribution in [2.45, 2.75) is 19.3 Å². The van der Waals surface area contributed by atoms with E-state index in [1.54, 1.807) is 0 Å². The topological polar surface area (TPSA) is 20.3 Å². The first-order valence-electron chi connectivity index (χ1n) is 3.32. The van der Waals surface area contributed by atoms with Crippen LogP contribution in [-0.4, -0.2) is 31.8 Å². The Bertz CT molecular complexity index is 64.6. The third-order valence-electron chi connectivity index (χ3n) is 1.58. The quantitative estimate of drug-likeness (QED) is 0.232. The van der Waals surface area contributed by atoms with Crippen LogP contribution in [0.25, 0.3) is 0 Å². The molecule has 0 aromatic rings. The molecule has 0 spiro atoms. The molecule has 0 atom stereocenters. The SMILES string of the molecule is CN1CCCCC1.[CH-]=O.[K+]. The molecule has 1 heterocycles. The van der Waals surface area contributed by atoms with Gasteiger partial charge in [0.05, 0.1) is 0 Å². The predicted octanol–water partition coefficient (Wildman–Crippen LogP) is -2.17. The monoisotopic (exact) mass is 167 g/mol. The van der Waals surface area contributed by atoms with Crippen LogP contribution in [0.4, 0.5) is 0 Å². The maximum absolute atomic E-state index is 7.75. The molecule has 1 saturated heterocycles. The first kappa shape index (κ1) is 13.8. The summed E-state index contributed by atoms with van der Waals surface area (Å²) in [5.74, 6) is 0. The molecule has 0 bridgehead atoms. The van der Waals surface area contributed by atoms with Gasteiger partial charge in [0.1, 0.15) is 0 Å². The van der Waals surface area contributed by atoms with Gasteiger partial charge in [-0.05, 0) is 33.0 Å². The van der Waals surface area contributed by atoms with Crippen molar-refractivity contribution in [1.82, 2.24) is 4.90 Å². The second-order valence-electron chi connectivity index (χ2n) is 2.36. The average Bonchev–Trinajstić information content (AvgIpc) is 1.94. The standard InChI is InChI=1S/C6H13N.CHO.K/c1-7-5-3-2-4-6-7;1-2;/h2-6H2,1H3;1H;/q;-1;+1. The van der Waals surface area contributed by atoms with E-state index in [1.807, 2.05) is 0 Å². The van der Waals surface area contributed by atoms with Crippen molar-refractivity contribution in [3.63, 3.8) is 0 Å². The van der Waals surface area contributed by atoms with E-state index >= 15 is 0 Å². The Labute approximate surface area is 106 Å². The van der Waals surface area contributed by atoms with E-state index in [-0.39, 0.29) is 51.4 Å². The predicted molar refractivity (Wildman–Crippen MR) is 38.1 cm³/mol. The molecule has 1 aliphatic heterocycles. The van der Waals surface area contributed by atoms with E-state index in [9.17, 15) is 0 Å². The van der Waals surface area contributed by atoms with Crippen LogP contribution in [0.2, 0.25) is 0 Å². The zero-order valence-electron chi connectivity index (χ0n) is 6.97. The molecular weight excluding hydrogens is 153 g/mol. The summed E-state index contributed by atoms with van der Waals surface area (Å²) < 4.78 is 0. The molecule has 54 valence electrons. The number of hydrogen-bond donors (Lipinski definition) is 0. The molecule has 1 aliphatic rings. The summed E-state index contributed by atoms with van der Waals surface area (Å²) >= 11 is 0. The summed E-state index contributed by atoms with van der Waals surface area (Å²) in [5, 5.41) is 0. The summed E-state index contributed by atoms with van der Waals surface area (Å²) in [7, 11) is 2.19. The fourth-order valence-electron chi connectivity index (χ4n) is 1.05. The van der Waals surface area contributed by atoms with Gasteiger partial charge < -0.3 is 9.69 Å². The van der Waals surface area contributed by atoms with Crippen LogP contribution in [0.1, 0.15) is 19.3 Å². The van der Waals surface area contributed by atoms with Crippen LogP contribution < -0.4 is 51.4 Å². The second-order valence-corrected chi connectivity index (χ2v) is 2.36. The molecule has 0 saturated carbocycles. The maximum Gasteiger partial charge on any atom is 1.00 e. The Morgan fingerprint density at radius 2 is 1.50 bits per heavy atom. The van der Waals surface area contributed by atoms with Gasteiger partial charge in [0.25, 0.3) is 0 Å². The molecule has 0 aromatic heterocycles. The summed E-state index contributed by atoms with van der Waals surface area (Å²) in [6.45, 7) is 5.89. The van der Waals surface area contributed by atoms with Crippen molar-refractivity contribution >= 4 is 6.79 Å². The van der Waals surface area contributed by atoms with Crippen molar-refractivity contribution in [1.29, 1.82) is 0 Å². The maximum atomic E-state index is 7.75. The first-order valence-corrected chi connectivity index (χ1v) is 3.32. The van der Waals surface area contributed by atoms with Gasteiger partial charge in [0.2, 0.25) is 0 Å². The fourth-order valence-corrected chi connectivity index (χ4v) is 1.05. The molecular formula is C7H14KNO. The first-order chi connectivity index (χ1) is 4.39. The van der Waals surface area contributed by atoms with Gasteiger partial charge in [0, 0.05) is 0 Å². The Kier molecular flexibility index (Phi) is 14.2. The van der Waals surface area contributed by atoms with Crippen LogP contribution in [0, 0.1) is 0 Å². The summed E-state index contributed by atoms with van der Waals surface area (Å²) in [4.78, 5) is 10.1. The van der Waals surface area contributed by atoms with E-state index in [4.69, 9.17) is 4.79 Å². The minimum Gasteiger partial charge on any atom is -0.545 e. The van der Waals surface area contributed by atoms with Crippen LogP contribution in [0.15, 0.2) is 0 Å². The van der Waals surface area contributed by atoms with Crippen molar-refractivity contribution in [3.05, 3.63) is 0 Å². The van der Waals surface area contributed by atoms with Gasteiger partial charge in [-0.3, -0.25) is 6.79 Å². The van der Waals surface area contributed by atoms with Gasteiger partial charge >= 0.3 is 51.4 Å². The van der Waals surface area contributed by atoms with E-state index in [0.29, 0.717) is 0 Å². The number of carbonyl (C=O) groups excluding carboxylic acids is 1. The molecule has 10 heavy (non-hydrogen) atoms. The van der Waals surface area contributed by atoms with E-state index < -0.39 is 0 Å². The van der Waals surface area contributed by atoms with Gasteiger partial charge in [-0.25, -0.2) is 0 Å². The number of likely N-dealkylation sites (tertiary alicyclic amines) is 1. The van der Waals surface area contributed by atoms with E-state index in [0.717, 1.165) is 0 Å². The van der Waals surface area contributed by atoms with Gasteiger partial charge in [0.15, 0.2) is 0 Å². The summed E-state index contributed by atoms with van der Waals surface area (Å²) in [6, 6.07) is 0. The smallest absolute Gasteiger partial charge is 0.545 e. The molecule has 0 aromatic carbocycles. The number of piperidine rings is 1. The molecule has 0 radical (unpaired) electrons. The Morgan fingerprint density at radius 3 is 1.70 bits per heavy atom. The van der Waals surface area contributed by atoms with Crippen LogP contribution in [0.3, 0.4) is 0 Å². The molecule has 0 aliphatic carbocycles. The minimum absolute atomic E-state index is 0. The van der Waals surface area contributed by atoms with E-state index in [2.05, 4.69) is 18.7 Å². The molecule has 3 heteroatoms. The number of nitrogens with zero attached hydrogens (tertiary/aromatic N) is 1. The van der Waals surface area contributed by atoms with Crippen LogP contribution >= 0.6 is 0 Å². The summed E-state index contributed by atoms with van der Waals surface area (Å²) in [6.07, 6.45) is 4.28. The Hall–Kier alpha value is 1.27. The third kappa shape index (κ3) is 7.37. The molecule has 0 N–H and O–H groups in total. The average molecular weight is 167 g/mol. The molecule has 0 unspecified atom stereocenters. The molecule has 1 fully saturated rings. The Balaban J connectivity index is 0. The van der Waals surface area contributed by atoms with Crippen molar-refractivity contribution in [2.24, 2.45) is 0 Å². The molecule has 1 rings (SSSR count). The molecule has 0 amide bonds. The third-order valence-corrected chi connectivity index (χ3v) is 1.58. The van der Waals surface area contributed by atoms with Gasteiger partial charge in [-0.1, -0.05) is 6.42 Å². The van der Waals surface area contributed by atoms with Gasteiger partial charge in [-0.2, -0.15) is 0 Å². The largest absolute Gasteiger partial charge is 1.00 e. The minimum atomic E-state index is 0. The number of rotatable bonds is 0. The zero-order chi connectivity index (χ0) is 7.11. The van der Waals surface area contributed by atoms with E-state index in [1.165, 1.54) is 32.4 Å². The number of hydrogen-bond acceptors (Lipinski definition) is 2. The van der Waals surface area contributed by atoms with Gasteiger partial charge in [-0.15, -0.1) is 0 Å². The summed E-state index contributed by atoms with van der Waals surface area (Å²) in [5.41, 5.74) is 0. The van der Waals surface area contributed by atoms with Crippen molar-refractivity contribution in [3.8, 4) is 0 Å². The fraction of sp³-hybridized carbons (Fsp3) is 0.857. The Morgan fingerprint density at radius 1 is 1.10 bits per heavy atom. The second kappa shape index (κ2) is 10.3. The van der Waals surface area contributed by atoms with Crippen molar-refractivity contribution in [2.75, 3.05) is 20.1 Å². The van der Waals surface area contributed by atoms with Crippen molar-refractivity contribution < 1.29 is 56.2 Å². The normalized spacial score (nSPS) is 18.1. The zero-order valence-corrected chi connectivity index (χ0v) is 10.1. The molecule has 2 nitrogen and oxygen atoms in total.